The largest absolute Gasteiger partial charge is 0.339 e. The molecule has 0 fully saturated rings. The van der Waals surface area contributed by atoms with Crippen molar-refractivity contribution in [2.24, 2.45) is 10.5 Å². The van der Waals surface area contributed by atoms with E-state index in [-0.39, 0.29) is 0 Å². The zero-order chi connectivity index (χ0) is 12.2. The van der Waals surface area contributed by atoms with Crippen LogP contribution in [0, 0.1) is 5.41 Å². The highest BCUT2D eigenvalue weighted by Gasteiger charge is 2.30. The van der Waals surface area contributed by atoms with E-state index < -0.39 is 0 Å². The molecule has 1 aliphatic heterocycles. The van der Waals surface area contributed by atoms with Gasteiger partial charge in [0.1, 0.15) is 12.5 Å². The molecule has 3 nitrogen and oxygen atoms in total. The fraction of sp³-hybridized carbons (Fsp3) is 0.923. The van der Waals surface area contributed by atoms with Crippen LogP contribution in [0.2, 0.25) is 0 Å². The molecule has 94 valence electrons. The molecule has 3 heteroatoms. The van der Waals surface area contributed by atoms with E-state index in [1.54, 1.807) is 0 Å². The van der Waals surface area contributed by atoms with Crippen LogP contribution >= 0.6 is 0 Å². The highest BCUT2D eigenvalue weighted by molar-refractivity contribution is 5.57. The Morgan fingerprint density at radius 2 is 1.75 bits per heavy atom. The fourth-order valence-electron chi connectivity index (χ4n) is 2.13. The van der Waals surface area contributed by atoms with Crippen LogP contribution in [0.1, 0.15) is 53.9 Å². The van der Waals surface area contributed by atoms with Crippen molar-refractivity contribution in [3.63, 3.8) is 0 Å². The van der Waals surface area contributed by atoms with Gasteiger partial charge in [0.2, 0.25) is 0 Å². The van der Waals surface area contributed by atoms with Crippen LogP contribution < -0.4 is 0 Å². The highest BCUT2D eigenvalue weighted by Crippen LogP contribution is 2.27. The van der Waals surface area contributed by atoms with E-state index >= 15 is 0 Å². The van der Waals surface area contributed by atoms with Gasteiger partial charge in [0.05, 0.1) is 0 Å². The van der Waals surface area contributed by atoms with E-state index in [1.165, 1.54) is 12.8 Å². The zero-order valence-corrected chi connectivity index (χ0v) is 11.5. The Labute approximate surface area is 100 Å². The number of rotatable bonds is 5. The van der Waals surface area contributed by atoms with Crippen LogP contribution in [0.15, 0.2) is 5.10 Å². The SMILES string of the molecule is CCCN1C=NN(CCC)C1CC(C)(C)C. The van der Waals surface area contributed by atoms with Crippen molar-refractivity contribution >= 4 is 6.34 Å². The summed E-state index contributed by atoms with van der Waals surface area (Å²) in [5.41, 5.74) is 0.357. The van der Waals surface area contributed by atoms with Gasteiger partial charge in [0.25, 0.3) is 0 Å². The van der Waals surface area contributed by atoms with Crippen LogP contribution in [0.3, 0.4) is 0 Å². The average Bonchev–Trinajstić information content (AvgIpc) is 2.49. The standard InChI is InChI=1S/C13H27N3/c1-6-8-15-11-14-16(9-7-2)12(15)10-13(3,4)5/h11-12H,6-10H2,1-5H3. The third kappa shape index (κ3) is 3.69. The summed E-state index contributed by atoms with van der Waals surface area (Å²) < 4.78 is 0. The van der Waals surface area contributed by atoms with Gasteiger partial charge < -0.3 is 4.90 Å². The van der Waals surface area contributed by atoms with Crippen molar-refractivity contribution in [1.82, 2.24) is 9.91 Å². The quantitative estimate of drug-likeness (QED) is 0.716. The number of hydrogen-bond acceptors (Lipinski definition) is 3. The maximum atomic E-state index is 4.53. The lowest BCUT2D eigenvalue weighted by Crippen LogP contribution is -2.42. The summed E-state index contributed by atoms with van der Waals surface area (Å²) in [6, 6.07) is 0. The highest BCUT2D eigenvalue weighted by atomic mass is 15.6. The lowest BCUT2D eigenvalue weighted by Gasteiger charge is -2.34. The summed E-state index contributed by atoms with van der Waals surface area (Å²) in [7, 11) is 0. The van der Waals surface area contributed by atoms with E-state index in [0.29, 0.717) is 11.6 Å². The van der Waals surface area contributed by atoms with Crippen LogP contribution in [0.25, 0.3) is 0 Å². The Bertz CT molecular complexity index is 214. The third-order valence-electron chi connectivity index (χ3n) is 2.80. The molecule has 1 atom stereocenters. The third-order valence-corrected chi connectivity index (χ3v) is 2.80. The van der Waals surface area contributed by atoms with Crippen molar-refractivity contribution in [3.05, 3.63) is 0 Å². The smallest absolute Gasteiger partial charge is 0.119 e. The molecule has 0 radical (unpaired) electrons. The molecule has 0 aromatic carbocycles. The minimum Gasteiger partial charge on any atom is -0.339 e. The summed E-state index contributed by atoms with van der Waals surface area (Å²) in [6.07, 6.45) is 6.02. The molecule has 16 heavy (non-hydrogen) atoms. The maximum Gasteiger partial charge on any atom is 0.119 e. The molecule has 0 saturated carbocycles. The molecule has 0 aromatic heterocycles. The summed E-state index contributed by atoms with van der Waals surface area (Å²) >= 11 is 0. The molecule has 0 N–H and O–H groups in total. The minimum absolute atomic E-state index is 0.357. The Morgan fingerprint density at radius 1 is 1.12 bits per heavy atom. The van der Waals surface area contributed by atoms with Gasteiger partial charge in [-0.3, -0.25) is 5.01 Å². The molecule has 1 aliphatic rings. The van der Waals surface area contributed by atoms with Crippen molar-refractivity contribution in [2.45, 2.75) is 60.0 Å². The average molecular weight is 225 g/mol. The molecule has 0 amide bonds. The van der Waals surface area contributed by atoms with Gasteiger partial charge in [0, 0.05) is 13.1 Å². The van der Waals surface area contributed by atoms with E-state index in [0.717, 1.165) is 19.5 Å². The van der Waals surface area contributed by atoms with Crippen LogP contribution in [0.4, 0.5) is 0 Å². The Balaban J connectivity index is 2.63. The zero-order valence-electron chi connectivity index (χ0n) is 11.5. The van der Waals surface area contributed by atoms with Gasteiger partial charge >= 0.3 is 0 Å². The van der Waals surface area contributed by atoms with Crippen LogP contribution in [0.5, 0.6) is 0 Å². The number of hydrogen-bond donors (Lipinski definition) is 0. The second kappa shape index (κ2) is 5.55. The van der Waals surface area contributed by atoms with Gasteiger partial charge in [-0.05, 0) is 24.7 Å². The molecule has 1 rings (SSSR count). The van der Waals surface area contributed by atoms with Crippen molar-refractivity contribution in [3.8, 4) is 0 Å². The van der Waals surface area contributed by atoms with Gasteiger partial charge in [-0.25, -0.2) is 0 Å². The van der Waals surface area contributed by atoms with Gasteiger partial charge in [-0.2, -0.15) is 5.10 Å². The molecule has 0 aromatic rings. The maximum absolute atomic E-state index is 4.53. The van der Waals surface area contributed by atoms with Gasteiger partial charge in [-0.15, -0.1) is 0 Å². The second-order valence-electron chi connectivity index (χ2n) is 5.88. The van der Waals surface area contributed by atoms with Crippen LogP contribution in [-0.2, 0) is 0 Å². The molecule has 0 aliphatic carbocycles. The lowest BCUT2D eigenvalue weighted by molar-refractivity contribution is 0.0886. The summed E-state index contributed by atoms with van der Waals surface area (Å²) in [4.78, 5) is 2.39. The predicted octanol–water partition coefficient (Wildman–Crippen LogP) is 3.13. The topological polar surface area (TPSA) is 18.8 Å². The normalized spacial score (nSPS) is 20.9. The molecule has 1 unspecified atom stereocenters. The first-order chi connectivity index (χ1) is 7.48. The predicted molar refractivity (Wildman–Crippen MR) is 70.3 cm³/mol. The lowest BCUT2D eigenvalue weighted by atomic mass is 9.90. The minimum atomic E-state index is 0.357. The van der Waals surface area contributed by atoms with Gasteiger partial charge in [0.15, 0.2) is 0 Å². The molecule has 0 spiro atoms. The first-order valence-corrected chi connectivity index (χ1v) is 6.54. The van der Waals surface area contributed by atoms with E-state index in [4.69, 9.17) is 0 Å². The van der Waals surface area contributed by atoms with E-state index in [9.17, 15) is 0 Å². The number of hydrazone groups is 1. The Morgan fingerprint density at radius 3 is 2.25 bits per heavy atom. The summed E-state index contributed by atoms with van der Waals surface area (Å²) in [5, 5.41) is 6.78. The second-order valence-corrected chi connectivity index (χ2v) is 5.88. The molecule has 0 saturated heterocycles. The monoisotopic (exact) mass is 225 g/mol. The molecule has 0 bridgehead atoms. The van der Waals surface area contributed by atoms with Crippen molar-refractivity contribution in [2.75, 3.05) is 13.1 Å². The van der Waals surface area contributed by atoms with Crippen molar-refractivity contribution < 1.29 is 0 Å². The molecular weight excluding hydrogens is 198 g/mol. The molecule has 1 heterocycles. The first-order valence-electron chi connectivity index (χ1n) is 6.54. The Hall–Kier alpha value is -0.730. The van der Waals surface area contributed by atoms with E-state index in [1.807, 2.05) is 6.34 Å². The van der Waals surface area contributed by atoms with E-state index in [2.05, 4.69) is 49.6 Å². The van der Waals surface area contributed by atoms with Crippen molar-refractivity contribution in [1.29, 1.82) is 0 Å². The summed E-state index contributed by atoms with van der Waals surface area (Å²) in [5.74, 6) is 0. The fourth-order valence-corrected chi connectivity index (χ4v) is 2.13. The first kappa shape index (κ1) is 13.3. The Kier molecular flexibility index (Phi) is 4.63. The summed E-state index contributed by atoms with van der Waals surface area (Å²) in [6.45, 7) is 13.5. The van der Waals surface area contributed by atoms with Crippen LogP contribution in [-0.4, -0.2) is 35.5 Å². The van der Waals surface area contributed by atoms with Gasteiger partial charge in [-0.1, -0.05) is 34.6 Å². The molecular formula is C13H27N3. The number of nitrogens with zero attached hydrogens (tertiary/aromatic N) is 3.